The second-order valence-electron chi connectivity index (χ2n) is 6.08. The maximum Gasteiger partial charge on any atom is 0.416 e. The molecular formula is C16H18F6N2S. The third-order valence-electron chi connectivity index (χ3n) is 4.04. The van der Waals surface area contributed by atoms with Crippen LogP contribution in [0.15, 0.2) is 18.2 Å². The van der Waals surface area contributed by atoms with Crippen molar-refractivity contribution in [3.8, 4) is 0 Å². The zero-order valence-electron chi connectivity index (χ0n) is 13.2. The highest BCUT2D eigenvalue weighted by Crippen LogP contribution is 2.36. The summed E-state index contributed by atoms with van der Waals surface area (Å²) in [5.74, 6) is 0. The van der Waals surface area contributed by atoms with E-state index >= 15 is 0 Å². The number of benzene rings is 1. The zero-order chi connectivity index (χ0) is 18.7. The van der Waals surface area contributed by atoms with E-state index in [1.165, 1.54) is 0 Å². The molecule has 1 aliphatic rings. The highest BCUT2D eigenvalue weighted by Gasteiger charge is 2.36. The summed E-state index contributed by atoms with van der Waals surface area (Å²) >= 11 is 5.08. The Kier molecular flexibility index (Phi) is 6.18. The van der Waals surface area contributed by atoms with Crippen LogP contribution in [-0.2, 0) is 18.9 Å². The van der Waals surface area contributed by atoms with Crippen LogP contribution in [0.5, 0.6) is 0 Å². The molecule has 2 rings (SSSR count). The molecule has 0 atom stereocenters. The van der Waals surface area contributed by atoms with Crippen molar-refractivity contribution in [2.45, 2.75) is 57.0 Å². The Morgan fingerprint density at radius 2 is 1.44 bits per heavy atom. The van der Waals surface area contributed by atoms with Gasteiger partial charge in [0.2, 0.25) is 0 Å². The molecular weight excluding hydrogens is 366 g/mol. The third-order valence-corrected chi connectivity index (χ3v) is 4.30. The summed E-state index contributed by atoms with van der Waals surface area (Å²) in [6.07, 6.45) is -4.50. The number of hydrogen-bond acceptors (Lipinski definition) is 1. The Labute approximate surface area is 147 Å². The summed E-state index contributed by atoms with van der Waals surface area (Å²) in [5, 5.41) is 5.98. The summed E-state index contributed by atoms with van der Waals surface area (Å²) in [4.78, 5) is 0. The van der Waals surface area contributed by atoms with Gasteiger partial charge in [0.25, 0.3) is 0 Å². The van der Waals surface area contributed by atoms with Crippen molar-refractivity contribution in [3.05, 3.63) is 34.9 Å². The van der Waals surface area contributed by atoms with E-state index < -0.39 is 23.5 Å². The van der Waals surface area contributed by atoms with Gasteiger partial charge in [-0.2, -0.15) is 26.3 Å². The molecule has 2 nitrogen and oxygen atoms in total. The van der Waals surface area contributed by atoms with Crippen LogP contribution < -0.4 is 10.6 Å². The largest absolute Gasteiger partial charge is 0.416 e. The molecule has 0 bridgehead atoms. The Morgan fingerprint density at radius 1 is 0.920 bits per heavy atom. The van der Waals surface area contributed by atoms with Crippen molar-refractivity contribution in [2.24, 2.45) is 0 Å². The molecule has 140 valence electrons. The average Bonchev–Trinajstić information content (AvgIpc) is 2.52. The van der Waals surface area contributed by atoms with Crippen LogP contribution in [0.4, 0.5) is 26.3 Å². The number of halogens is 6. The zero-order valence-corrected chi connectivity index (χ0v) is 14.0. The van der Waals surface area contributed by atoms with Gasteiger partial charge < -0.3 is 10.6 Å². The predicted molar refractivity (Wildman–Crippen MR) is 85.9 cm³/mol. The van der Waals surface area contributed by atoms with Crippen molar-refractivity contribution in [1.29, 1.82) is 0 Å². The van der Waals surface area contributed by atoms with Gasteiger partial charge in [-0.25, -0.2) is 0 Å². The van der Waals surface area contributed by atoms with E-state index in [2.05, 4.69) is 10.6 Å². The fourth-order valence-corrected chi connectivity index (χ4v) is 3.03. The molecule has 1 saturated carbocycles. The molecule has 0 saturated heterocycles. The molecule has 0 radical (unpaired) electrons. The number of thiocarbonyl (C=S) groups is 1. The van der Waals surface area contributed by atoms with Crippen LogP contribution in [0.25, 0.3) is 0 Å². The van der Waals surface area contributed by atoms with Gasteiger partial charge in [0.15, 0.2) is 5.11 Å². The van der Waals surface area contributed by atoms with E-state index in [0.29, 0.717) is 12.1 Å². The summed E-state index contributed by atoms with van der Waals surface area (Å²) in [5.41, 5.74) is -2.79. The fraction of sp³-hybridized carbons (Fsp3) is 0.562. The summed E-state index contributed by atoms with van der Waals surface area (Å²) in [6.45, 7) is -0.217. The van der Waals surface area contributed by atoms with Crippen LogP contribution in [0.2, 0.25) is 0 Å². The van der Waals surface area contributed by atoms with E-state index in [1.54, 1.807) is 0 Å². The second kappa shape index (κ2) is 7.80. The first kappa shape index (κ1) is 19.8. The molecule has 0 aromatic heterocycles. The van der Waals surface area contributed by atoms with Gasteiger partial charge >= 0.3 is 12.4 Å². The quantitative estimate of drug-likeness (QED) is 0.565. The van der Waals surface area contributed by atoms with Crippen molar-refractivity contribution in [3.63, 3.8) is 0 Å². The molecule has 2 N–H and O–H groups in total. The van der Waals surface area contributed by atoms with E-state index in [1.807, 2.05) is 0 Å². The van der Waals surface area contributed by atoms with Crippen molar-refractivity contribution >= 4 is 17.3 Å². The molecule has 0 aliphatic heterocycles. The van der Waals surface area contributed by atoms with Crippen molar-refractivity contribution < 1.29 is 26.3 Å². The van der Waals surface area contributed by atoms with Crippen molar-refractivity contribution in [2.75, 3.05) is 0 Å². The first-order chi connectivity index (χ1) is 11.6. The Balaban J connectivity index is 2.06. The molecule has 1 aromatic rings. The lowest BCUT2D eigenvalue weighted by Gasteiger charge is -2.24. The molecule has 25 heavy (non-hydrogen) atoms. The molecule has 0 amide bonds. The lowest BCUT2D eigenvalue weighted by Crippen LogP contribution is -2.42. The van der Waals surface area contributed by atoms with E-state index in [9.17, 15) is 26.3 Å². The van der Waals surface area contributed by atoms with Crippen LogP contribution in [0.1, 0.15) is 48.8 Å². The summed E-state index contributed by atoms with van der Waals surface area (Å²) in [7, 11) is 0. The predicted octanol–water partition coefficient (Wildman–Crippen LogP) is 5.02. The van der Waals surface area contributed by atoms with Gasteiger partial charge in [0.1, 0.15) is 0 Å². The Bertz CT molecular complexity index is 573. The van der Waals surface area contributed by atoms with Gasteiger partial charge in [-0.3, -0.25) is 0 Å². The lowest BCUT2D eigenvalue weighted by atomic mass is 9.96. The van der Waals surface area contributed by atoms with Gasteiger partial charge in [0, 0.05) is 12.6 Å². The highest BCUT2D eigenvalue weighted by atomic mass is 32.1. The minimum absolute atomic E-state index is 0.113. The summed E-state index contributed by atoms with van der Waals surface area (Å²) < 4.78 is 76.9. The highest BCUT2D eigenvalue weighted by molar-refractivity contribution is 7.80. The number of hydrogen-bond donors (Lipinski definition) is 2. The minimum Gasteiger partial charge on any atom is -0.360 e. The Morgan fingerprint density at radius 3 is 1.92 bits per heavy atom. The number of alkyl halides is 6. The SMILES string of the molecule is FC(F)(F)c1cc(CNC(=S)NC2CCCCC2)cc(C(F)(F)F)c1. The maximum absolute atomic E-state index is 12.8. The molecule has 0 heterocycles. The summed E-state index contributed by atoms with van der Waals surface area (Å²) in [6, 6.07) is 1.71. The molecule has 1 aromatic carbocycles. The first-order valence-electron chi connectivity index (χ1n) is 7.88. The van der Waals surface area contributed by atoms with E-state index in [4.69, 9.17) is 12.2 Å². The van der Waals surface area contributed by atoms with Crippen LogP contribution in [0.3, 0.4) is 0 Å². The van der Waals surface area contributed by atoms with Gasteiger partial charge in [-0.1, -0.05) is 19.3 Å². The third kappa shape index (κ3) is 6.05. The van der Waals surface area contributed by atoms with Gasteiger partial charge in [0.05, 0.1) is 11.1 Å². The normalized spacial score (nSPS) is 16.6. The van der Waals surface area contributed by atoms with Crippen LogP contribution in [0, 0.1) is 0 Å². The minimum atomic E-state index is -4.85. The molecule has 0 unspecified atom stereocenters. The standard InChI is InChI=1S/C16H18F6N2S/c17-15(18,19)11-6-10(7-12(8-11)16(20,21)22)9-23-14(25)24-13-4-2-1-3-5-13/h6-8,13H,1-5,9H2,(H2,23,24,25). The lowest BCUT2D eigenvalue weighted by molar-refractivity contribution is -0.143. The second-order valence-corrected chi connectivity index (χ2v) is 6.48. The maximum atomic E-state index is 12.8. The van der Waals surface area contributed by atoms with Crippen LogP contribution >= 0.6 is 12.2 Å². The van der Waals surface area contributed by atoms with Crippen LogP contribution in [-0.4, -0.2) is 11.2 Å². The van der Waals surface area contributed by atoms with E-state index in [-0.39, 0.29) is 29.3 Å². The molecule has 1 fully saturated rings. The molecule has 9 heteroatoms. The van der Waals surface area contributed by atoms with Gasteiger partial charge in [-0.05, 0) is 48.8 Å². The fourth-order valence-electron chi connectivity index (χ4n) is 2.79. The average molecular weight is 384 g/mol. The van der Waals surface area contributed by atoms with E-state index in [0.717, 1.165) is 32.1 Å². The van der Waals surface area contributed by atoms with Crippen molar-refractivity contribution in [1.82, 2.24) is 10.6 Å². The first-order valence-corrected chi connectivity index (χ1v) is 8.29. The number of rotatable bonds is 3. The molecule has 1 aliphatic carbocycles. The Hall–Kier alpha value is -1.51. The monoisotopic (exact) mass is 384 g/mol. The molecule has 0 spiro atoms. The van der Waals surface area contributed by atoms with Gasteiger partial charge in [-0.15, -0.1) is 0 Å². The number of nitrogens with one attached hydrogen (secondary N) is 2. The smallest absolute Gasteiger partial charge is 0.360 e. The topological polar surface area (TPSA) is 24.1 Å².